The molecule has 0 saturated carbocycles. The third-order valence-electron chi connectivity index (χ3n) is 6.85. The maximum absolute atomic E-state index is 13.3. The predicted octanol–water partition coefficient (Wildman–Crippen LogP) is 5.27. The van der Waals surface area contributed by atoms with Crippen molar-refractivity contribution in [2.24, 2.45) is 0 Å². The van der Waals surface area contributed by atoms with Gasteiger partial charge in [0.15, 0.2) is 0 Å². The molecule has 1 amide bonds. The highest BCUT2D eigenvalue weighted by Gasteiger charge is 2.47. The zero-order valence-corrected chi connectivity index (χ0v) is 21.3. The van der Waals surface area contributed by atoms with Gasteiger partial charge in [-0.2, -0.15) is 0 Å². The minimum Gasteiger partial charge on any atom is -0.507 e. The number of amides is 1. The topological polar surface area (TPSA) is 85.3 Å². The lowest BCUT2D eigenvalue weighted by atomic mass is 9.95. The molecule has 7 nitrogen and oxygen atoms in total. The van der Waals surface area contributed by atoms with Gasteiger partial charge < -0.3 is 24.2 Å². The van der Waals surface area contributed by atoms with Crippen LogP contribution in [0.2, 0.25) is 0 Å². The molecule has 38 heavy (non-hydrogen) atoms. The number of benzene rings is 3. The van der Waals surface area contributed by atoms with Crippen LogP contribution in [0.15, 0.2) is 84.4 Å². The Kier molecular flexibility index (Phi) is 7.75. The first kappa shape index (κ1) is 25.5. The van der Waals surface area contributed by atoms with Crippen LogP contribution in [0.4, 0.5) is 0 Å². The van der Waals surface area contributed by atoms with Crippen LogP contribution in [-0.4, -0.2) is 47.6 Å². The Morgan fingerprint density at radius 3 is 2.29 bits per heavy atom. The van der Waals surface area contributed by atoms with Crippen molar-refractivity contribution in [3.05, 3.63) is 101 Å². The Balaban J connectivity index is 1.47. The van der Waals surface area contributed by atoms with Gasteiger partial charge >= 0.3 is 0 Å². The maximum Gasteiger partial charge on any atom is 0.295 e. The Hall–Kier alpha value is -4.10. The van der Waals surface area contributed by atoms with Gasteiger partial charge in [-0.15, -0.1) is 0 Å². The Labute approximate surface area is 222 Å². The first-order valence-corrected chi connectivity index (χ1v) is 12.9. The third-order valence-corrected chi connectivity index (χ3v) is 6.85. The van der Waals surface area contributed by atoms with Gasteiger partial charge in [-0.25, -0.2) is 0 Å². The zero-order valence-electron chi connectivity index (χ0n) is 21.3. The summed E-state index contributed by atoms with van der Waals surface area (Å²) in [7, 11) is 0. The molecule has 0 unspecified atom stereocenters. The molecule has 0 bridgehead atoms. The molecule has 2 aliphatic rings. The number of likely N-dealkylation sites (tertiary alicyclic amines) is 1. The summed E-state index contributed by atoms with van der Waals surface area (Å²) in [4.78, 5) is 28.0. The average molecular weight is 514 g/mol. The number of ether oxygens (including phenoxy) is 3. The lowest BCUT2D eigenvalue weighted by Crippen LogP contribution is -2.36. The second-order valence-electron chi connectivity index (χ2n) is 9.39. The number of ketones is 1. The number of aliphatic hydroxyl groups is 1. The fraction of sp³-hybridized carbons (Fsp3) is 0.290. The smallest absolute Gasteiger partial charge is 0.295 e. The number of carbonyl (C=O) groups is 2. The number of Topliss-reactive ketones (excluding diaryl/α,β-unsaturated/α-hetero) is 1. The van der Waals surface area contributed by atoms with E-state index in [1.165, 1.54) is 4.90 Å². The molecular formula is C31H31NO6. The molecule has 0 spiro atoms. The van der Waals surface area contributed by atoms with Crippen LogP contribution in [0.1, 0.15) is 42.5 Å². The van der Waals surface area contributed by atoms with E-state index >= 15 is 0 Å². The molecule has 0 radical (unpaired) electrons. The molecule has 0 aromatic heterocycles. The van der Waals surface area contributed by atoms with Crippen molar-refractivity contribution >= 4 is 17.4 Å². The summed E-state index contributed by atoms with van der Waals surface area (Å²) in [6.45, 7) is 3.75. The predicted molar refractivity (Wildman–Crippen MR) is 143 cm³/mol. The summed E-state index contributed by atoms with van der Waals surface area (Å²) in [5.74, 6) is -0.229. The first-order chi connectivity index (χ1) is 18.5. The maximum atomic E-state index is 13.3. The quantitative estimate of drug-likeness (QED) is 0.239. The lowest BCUT2D eigenvalue weighted by molar-refractivity contribution is -0.140. The third kappa shape index (κ3) is 5.43. The minimum atomic E-state index is -0.742. The number of aliphatic hydroxyl groups excluding tert-OH is 1. The van der Waals surface area contributed by atoms with Crippen molar-refractivity contribution in [2.45, 2.75) is 38.5 Å². The van der Waals surface area contributed by atoms with E-state index in [2.05, 4.69) is 0 Å². The van der Waals surface area contributed by atoms with E-state index in [-0.39, 0.29) is 24.0 Å². The van der Waals surface area contributed by atoms with Crippen LogP contribution in [0.3, 0.4) is 0 Å². The average Bonchev–Trinajstić information content (AvgIpc) is 3.55. The molecule has 2 atom stereocenters. The summed E-state index contributed by atoms with van der Waals surface area (Å²) in [5, 5.41) is 11.3. The highest BCUT2D eigenvalue weighted by molar-refractivity contribution is 6.46. The van der Waals surface area contributed by atoms with Crippen LogP contribution in [0.25, 0.3) is 5.76 Å². The fourth-order valence-electron chi connectivity index (χ4n) is 4.94. The van der Waals surface area contributed by atoms with Gasteiger partial charge in [-0.05, 0) is 67.3 Å². The summed E-state index contributed by atoms with van der Waals surface area (Å²) in [5.41, 5.74) is 2.27. The summed E-state index contributed by atoms with van der Waals surface area (Å²) in [6, 6.07) is 23.3. The molecule has 2 heterocycles. The van der Waals surface area contributed by atoms with E-state index in [0.29, 0.717) is 42.4 Å². The number of hydrogen-bond donors (Lipinski definition) is 1. The lowest BCUT2D eigenvalue weighted by Gasteiger charge is -2.27. The number of rotatable bonds is 9. The summed E-state index contributed by atoms with van der Waals surface area (Å²) < 4.78 is 17.2. The van der Waals surface area contributed by atoms with Crippen molar-refractivity contribution in [1.29, 1.82) is 0 Å². The van der Waals surface area contributed by atoms with Crippen LogP contribution in [-0.2, 0) is 20.9 Å². The van der Waals surface area contributed by atoms with Crippen molar-refractivity contribution in [3.8, 4) is 11.5 Å². The molecular weight excluding hydrogens is 482 g/mol. The highest BCUT2D eigenvalue weighted by atomic mass is 16.5. The molecule has 3 aromatic rings. The number of hydrogen-bond acceptors (Lipinski definition) is 6. The standard InChI is InChI=1S/C31H31NO6/c1-2-36-24-16-12-23(13-17-24)29(33)27-28(32(31(35)30(27)34)19-26-9-6-18-37-26)22-10-14-25(15-11-22)38-20-21-7-4-3-5-8-21/h3-5,7-8,10-17,26,28,33H,2,6,9,18-20H2,1H3/t26-,28+/m0/s1. The number of nitrogens with zero attached hydrogens (tertiary/aromatic N) is 1. The Morgan fingerprint density at radius 1 is 0.947 bits per heavy atom. The van der Waals surface area contributed by atoms with Crippen molar-refractivity contribution in [1.82, 2.24) is 4.90 Å². The van der Waals surface area contributed by atoms with Gasteiger partial charge in [0.1, 0.15) is 23.9 Å². The van der Waals surface area contributed by atoms with Gasteiger partial charge in [0, 0.05) is 18.7 Å². The SMILES string of the molecule is CCOc1ccc(C(O)=C2C(=O)C(=O)N(C[C@@H]3CCCO3)[C@@H]2c2ccc(OCc3ccccc3)cc2)cc1. The Morgan fingerprint density at radius 2 is 1.63 bits per heavy atom. The zero-order chi connectivity index (χ0) is 26.5. The van der Waals surface area contributed by atoms with Crippen LogP contribution >= 0.6 is 0 Å². The molecule has 5 rings (SSSR count). The van der Waals surface area contributed by atoms with Crippen molar-refractivity contribution < 1.29 is 28.9 Å². The van der Waals surface area contributed by atoms with Gasteiger partial charge in [0.05, 0.1) is 24.3 Å². The fourth-order valence-corrected chi connectivity index (χ4v) is 4.94. The van der Waals surface area contributed by atoms with Gasteiger partial charge in [0.2, 0.25) is 0 Å². The Bertz CT molecular complexity index is 1290. The highest BCUT2D eigenvalue weighted by Crippen LogP contribution is 2.40. The molecule has 7 heteroatoms. The molecule has 3 aromatic carbocycles. The van der Waals surface area contributed by atoms with Crippen molar-refractivity contribution in [3.63, 3.8) is 0 Å². The molecule has 1 N–H and O–H groups in total. The molecule has 2 fully saturated rings. The molecule has 196 valence electrons. The van der Waals surface area contributed by atoms with E-state index in [4.69, 9.17) is 14.2 Å². The monoisotopic (exact) mass is 513 g/mol. The van der Waals surface area contributed by atoms with Gasteiger partial charge in [-0.1, -0.05) is 42.5 Å². The number of carbonyl (C=O) groups excluding carboxylic acids is 2. The van der Waals surface area contributed by atoms with Crippen molar-refractivity contribution in [2.75, 3.05) is 19.8 Å². The van der Waals surface area contributed by atoms with E-state index in [9.17, 15) is 14.7 Å². The molecule has 2 aliphatic heterocycles. The molecule has 2 saturated heterocycles. The van der Waals surface area contributed by atoms with Crippen LogP contribution in [0.5, 0.6) is 11.5 Å². The summed E-state index contributed by atoms with van der Waals surface area (Å²) in [6.07, 6.45) is 1.59. The summed E-state index contributed by atoms with van der Waals surface area (Å²) >= 11 is 0. The van der Waals surface area contributed by atoms with E-state index in [1.807, 2.05) is 61.5 Å². The van der Waals surface area contributed by atoms with E-state index < -0.39 is 17.7 Å². The second kappa shape index (κ2) is 11.5. The minimum absolute atomic E-state index is 0.0649. The van der Waals surface area contributed by atoms with E-state index in [1.54, 1.807) is 24.3 Å². The van der Waals surface area contributed by atoms with Crippen LogP contribution in [0, 0.1) is 0 Å². The molecule has 0 aliphatic carbocycles. The van der Waals surface area contributed by atoms with Gasteiger partial charge in [-0.3, -0.25) is 9.59 Å². The van der Waals surface area contributed by atoms with Crippen LogP contribution < -0.4 is 9.47 Å². The first-order valence-electron chi connectivity index (χ1n) is 12.9. The second-order valence-corrected chi connectivity index (χ2v) is 9.39. The van der Waals surface area contributed by atoms with E-state index in [0.717, 1.165) is 18.4 Å². The largest absolute Gasteiger partial charge is 0.507 e. The normalized spacial score (nSPS) is 20.6. The van der Waals surface area contributed by atoms with Gasteiger partial charge in [0.25, 0.3) is 11.7 Å².